The van der Waals surface area contributed by atoms with Gasteiger partial charge in [-0.3, -0.25) is 4.90 Å². The Bertz CT molecular complexity index is 367. The standard InChI is InChI=1S/C14H21FN2/c1-2-11-7-13(16)10-17(8-11)9-12-5-3-4-6-14(12)15/h3-6,11,13H,2,7-10,16H2,1H3. The fraction of sp³-hybridized carbons (Fsp3) is 0.571. The van der Waals surface area contributed by atoms with E-state index >= 15 is 0 Å². The molecule has 1 aromatic rings. The highest BCUT2D eigenvalue weighted by Crippen LogP contribution is 2.21. The van der Waals surface area contributed by atoms with Gasteiger partial charge in [0.15, 0.2) is 0 Å². The van der Waals surface area contributed by atoms with Crippen molar-refractivity contribution >= 4 is 0 Å². The van der Waals surface area contributed by atoms with Crippen molar-refractivity contribution in [2.24, 2.45) is 11.7 Å². The van der Waals surface area contributed by atoms with Gasteiger partial charge in [0.1, 0.15) is 5.82 Å². The van der Waals surface area contributed by atoms with E-state index < -0.39 is 0 Å². The van der Waals surface area contributed by atoms with Crippen molar-refractivity contribution in [2.75, 3.05) is 13.1 Å². The van der Waals surface area contributed by atoms with E-state index in [1.54, 1.807) is 6.07 Å². The Morgan fingerprint density at radius 2 is 2.12 bits per heavy atom. The summed E-state index contributed by atoms with van der Waals surface area (Å²) in [7, 11) is 0. The molecule has 1 fully saturated rings. The van der Waals surface area contributed by atoms with E-state index in [0.717, 1.165) is 31.5 Å². The molecule has 1 heterocycles. The second-order valence-corrected chi connectivity index (χ2v) is 5.06. The summed E-state index contributed by atoms with van der Waals surface area (Å²) in [5.74, 6) is 0.546. The molecule has 2 N–H and O–H groups in total. The van der Waals surface area contributed by atoms with Gasteiger partial charge < -0.3 is 5.73 Å². The average molecular weight is 236 g/mol. The van der Waals surface area contributed by atoms with E-state index in [4.69, 9.17) is 5.73 Å². The van der Waals surface area contributed by atoms with Crippen molar-refractivity contribution in [3.8, 4) is 0 Å². The number of nitrogens with zero attached hydrogens (tertiary/aromatic N) is 1. The molecule has 2 rings (SSSR count). The number of benzene rings is 1. The second-order valence-electron chi connectivity index (χ2n) is 5.06. The van der Waals surface area contributed by atoms with E-state index in [9.17, 15) is 4.39 Å². The molecule has 0 amide bonds. The van der Waals surface area contributed by atoms with E-state index in [1.165, 1.54) is 6.07 Å². The minimum Gasteiger partial charge on any atom is -0.327 e. The molecule has 17 heavy (non-hydrogen) atoms. The van der Waals surface area contributed by atoms with Crippen molar-refractivity contribution in [2.45, 2.75) is 32.4 Å². The van der Waals surface area contributed by atoms with E-state index in [2.05, 4.69) is 11.8 Å². The van der Waals surface area contributed by atoms with Gasteiger partial charge in [0.2, 0.25) is 0 Å². The van der Waals surface area contributed by atoms with Crippen LogP contribution in [0, 0.1) is 11.7 Å². The van der Waals surface area contributed by atoms with Crippen LogP contribution in [0.2, 0.25) is 0 Å². The highest BCUT2D eigenvalue weighted by Gasteiger charge is 2.24. The Morgan fingerprint density at radius 3 is 2.82 bits per heavy atom. The fourth-order valence-corrected chi connectivity index (χ4v) is 2.64. The average Bonchev–Trinajstić information content (AvgIpc) is 2.31. The van der Waals surface area contributed by atoms with Crippen molar-refractivity contribution < 1.29 is 4.39 Å². The molecule has 2 atom stereocenters. The summed E-state index contributed by atoms with van der Waals surface area (Å²) < 4.78 is 13.6. The van der Waals surface area contributed by atoms with Crippen LogP contribution in [0.1, 0.15) is 25.3 Å². The Morgan fingerprint density at radius 1 is 1.35 bits per heavy atom. The molecule has 0 radical (unpaired) electrons. The van der Waals surface area contributed by atoms with Crippen LogP contribution in [0.15, 0.2) is 24.3 Å². The van der Waals surface area contributed by atoms with Crippen molar-refractivity contribution in [3.05, 3.63) is 35.6 Å². The molecule has 1 aliphatic heterocycles. The molecule has 1 saturated heterocycles. The first-order chi connectivity index (χ1) is 8.19. The number of halogens is 1. The van der Waals surface area contributed by atoms with Crippen LogP contribution < -0.4 is 5.73 Å². The van der Waals surface area contributed by atoms with Crippen LogP contribution in [-0.2, 0) is 6.54 Å². The zero-order valence-electron chi connectivity index (χ0n) is 10.4. The largest absolute Gasteiger partial charge is 0.327 e. The van der Waals surface area contributed by atoms with Crippen molar-refractivity contribution in [3.63, 3.8) is 0 Å². The number of piperidine rings is 1. The first kappa shape index (κ1) is 12.5. The molecule has 1 aliphatic rings. The Labute approximate surface area is 103 Å². The van der Waals surface area contributed by atoms with E-state index in [-0.39, 0.29) is 11.9 Å². The molecule has 0 aliphatic carbocycles. The van der Waals surface area contributed by atoms with Gasteiger partial charge >= 0.3 is 0 Å². The van der Waals surface area contributed by atoms with Gasteiger partial charge in [-0.05, 0) is 18.4 Å². The van der Waals surface area contributed by atoms with Gasteiger partial charge in [0.25, 0.3) is 0 Å². The number of nitrogens with two attached hydrogens (primary N) is 1. The minimum absolute atomic E-state index is 0.111. The molecule has 0 aromatic heterocycles. The topological polar surface area (TPSA) is 29.3 Å². The predicted molar refractivity (Wildman–Crippen MR) is 68.1 cm³/mol. The van der Waals surface area contributed by atoms with Gasteiger partial charge in [0, 0.05) is 31.2 Å². The minimum atomic E-state index is -0.111. The summed E-state index contributed by atoms with van der Waals surface area (Å²) >= 11 is 0. The lowest BCUT2D eigenvalue weighted by Gasteiger charge is -2.36. The van der Waals surface area contributed by atoms with E-state index in [0.29, 0.717) is 12.5 Å². The molecular weight excluding hydrogens is 215 g/mol. The van der Waals surface area contributed by atoms with Crippen molar-refractivity contribution in [1.29, 1.82) is 0 Å². The Hall–Kier alpha value is -0.930. The molecule has 0 saturated carbocycles. The summed E-state index contributed by atoms with van der Waals surface area (Å²) in [6.07, 6.45) is 2.26. The Kier molecular flexibility index (Phi) is 4.13. The third-order valence-electron chi connectivity index (χ3n) is 3.57. The van der Waals surface area contributed by atoms with Gasteiger partial charge in [-0.15, -0.1) is 0 Å². The fourth-order valence-electron chi connectivity index (χ4n) is 2.64. The number of hydrogen-bond acceptors (Lipinski definition) is 2. The smallest absolute Gasteiger partial charge is 0.127 e. The molecule has 0 spiro atoms. The van der Waals surface area contributed by atoms with Crippen LogP contribution in [-0.4, -0.2) is 24.0 Å². The lowest BCUT2D eigenvalue weighted by Crippen LogP contribution is -2.46. The van der Waals surface area contributed by atoms with Crippen LogP contribution >= 0.6 is 0 Å². The first-order valence-electron chi connectivity index (χ1n) is 6.40. The molecule has 2 unspecified atom stereocenters. The zero-order valence-corrected chi connectivity index (χ0v) is 10.4. The highest BCUT2D eigenvalue weighted by molar-refractivity contribution is 5.17. The first-order valence-corrected chi connectivity index (χ1v) is 6.40. The van der Waals surface area contributed by atoms with E-state index in [1.807, 2.05) is 12.1 Å². The van der Waals surface area contributed by atoms with Crippen molar-refractivity contribution in [1.82, 2.24) is 4.90 Å². The summed E-state index contributed by atoms with van der Waals surface area (Å²) in [5.41, 5.74) is 6.82. The maximum absolute atomic E-state index is 13.6. The number of rotatable bonds is 3. The van der Waals surface area contributed by atoms with Crippen LogP contribution in [0.25, 0.3) is 0 Å². The van der Waals surface area contributed by atoms with Gasteiger partial charge in [-0.25, -0.2) is 4.39 Å². The molecule has 0 bridgehead atoms. The van der Waals surface area contributed by atoms with Crippen LogP contribution in [0.5, 0.6) is 0 Å². The zero-order chi connectivity index (χ0) is 12.3. The molecule has 94 valence electrons. The SMILES string of the molecule is CCC1CC(N)CN(Cc2ccccc2F)C1. The molecule has 2 nitrogen and oxygen atoms in total. The molecular formula is C14H21FN2. The number of hydrogen-bond donors (Lipinski definition) is 1. The third-order valence-corrected chi connectivity index (χ3v) is 3.57. The molecule has 3 heteroatoms. The quantitative estimate of drug-likeness (QED) is 0.873. The lowest BCUT2D eigenvalue weighted by atomic mass is 9.92. The van der Waals surface area contributed by atoms with Gasteiger partial charge in [-0.1, -0.05) is 31.5 Å². The monoisotopic (exact) mass is 236 g/mol. The summed E-state index contributed by atoms with van der Waals surface area (Å²) in [6, 6.07) is 7.24. The summed E-state index contributed by atoms with van der Waals surface area (Å²) in [6.45, 7) is 4.80. The normalized spacial score (nSPS) is 26.1. The summed E-state index contributed by atoms with van der Waals surface area (Å²) in [4.78, 5) is 2.28. The summed E-state index contributed by atoms with van der Waals surface area (Å²) in [5, 5.41) is 0. The predicted octanol–water partition coefficient (Wildman–Crippen LogP) is 2.38. The highest BCUT2D eigenvalue weighted by atomic mass is 19.1. The van der Waals surface area contributed by atoms with Gasteiger partial charge in [0.05, 0.1) is 0 Å². The maximum Gasteiger partial charge on any atom is 0.127 e. The van der Waals surface area contributed by atoms with Crippen LogP contribution in [0.4, 0.5) is 4.39 Å². The number of likely N-dealkylation sites (tertiary alicyclic amines) is 1. The van der Waals surface area contributed by atoms with Crippen LogP contribution in [0.3, 0.4) is 0 Å². The third kappa shape index (κ3) is 3.27. The lowest BCUT2D eigenvalue weighted by molar-refractivity contribution is 0.146. The maximum atomic E-state index is 13.6. The van der Waals surface area contributed by atoms with Gasteiger partial charge in [-0.2, -0.15) is 0 Å². The molecule has 1 aromatic carbocycles. The second kappa shape index (κ2) is 5.61. The Balaban J connectivity index is 2.01.